The van der Waals surface area contributed by atoms with Crippen LogP contribution in [0.4, 0.5) is 22.7 Å². The molecule has 192 valence electrons. The predicted octanol–water partition coefficient (Wildman–Crippen LogP) is 5.12. The molecule has 0 spiro atoms. The molecule has 3 N–H and O–H groups in total. The predicted molar refractivity (Wildman–Crippen MR) is 145 cm³/mol. The largest absolute Gasteiger partial charge is 0.506 e. The van der Waals surface area contributed by atoms with Crippen LogP contribution in [0.5, 0.6) is 11.5 Å². The molecule has 0 aliphatic heterocycles. The number of ether oxygens (including phenoxy) is 1. The van der Waals surface area contributed by atoms with Gasteiger partial charge in [0.05, 0.1) is 28.3 Å². The molecule has 0 amide bonds. The summed E-state index contributed by atoms with van der Waals surface area (Å²) in [4.78, 5) is -0.562. The summed E-state index contributed by atoms with van der Waals surface area (Å²) in [5, 5.41) is 27.5. The molecule has 4 aromatic carbocycles. The van der Waals surface area contributed by atoms with E-state index in [0.717, 1.165) is 0 Å². The molecule has 12 nitrogen and oxygen atoms in total. The van der Waals surface area contributed by atoms with Gasteiger partial charge >= 0.3 is 0 Å². The van der Waals surface area contributed by atoms with E-state index in [-0.39, 0.29) is 86.1 Å². The Morgan fingerprint density at radius 3 is 1.87 bits per heavy atom. The number of fused-ring (bicyclic) bond motifs is 1. The van der Waals surface area contributed by atoms with Gasteiger partial charge in [0.15, 0.2) is 0 Å². The standard InChI is InChI=1S/C23H18N4O8S2.2Na/c1-35-22-13-16(25-24-15-3-6-17(7-4-15)36(29,30)31)5-10-20(22)26-27-23-19-9-8-18(37(32,33)34)12-14(19)2-11-21(23)28;;/h2-13,28H,1H3,(H,29,30,31)(H,32,33,34);;. The van der Waals surface area contributed by atoms with Crippen molar-refractivity contribution in [3.63, 3.8) is 0 Å². The summed E-state index contributed by atoms with van der Waals surface area (Å²) in [6.45, 7) is 0. The zero-order chi connectivity index (χ0) is 26.8. The van der Waals surface area contributed by atoms with Crippen LogP contribution in [0.2, 0.25) is 0 Å². The van der Waals surface area contributed by atoms with E-state index in [2.05, 4.69) is 20.5 Å². The SMILES string of the molecule is COc1cc(N=Nc2ccc(S(=O)(=O)O)cc2)ccc1N=Nc1c(O)ccc2cc(S(=O)(=O)O)ccc12.[Na].[Na]. The number of azo groups is 2. The first-order valence-electron chi connectivity index (χ1n) is 10.3. The molecule has 0 atom stereocenters. The number of nitrogens with zero attached hydrogens (tertiary/aromatic N) is 4. The van der Waals surface area contributed by atoms with Gasteiger partial charge in [-0.15, -0.1) is 10.2 Å². The fraction of sp³-hybridized carbons (Fsp3) is 0.0435. The Morgan fingerprint density at radius 2 is 1.26 bits per heavy atom. The van der Waals surface area contributed by atoms with Crippen molar-refractivity contribution in [2.75, 3.05) is 7.11 Å². The molecule has 2 radical (unpaired) electrons. The van der Waals surface area contributed by atoms with Crippen LogP contribution in [0, 0.1) is 0 Å². The summed E-state index contributed by atoms with van der Waals surface area (Å²) in [5.41, 5.74) is 1.11. The number of aromatic hydroxyl groups is 1. The monoisotopic (exact) mass is 588 g/mol. The van der Waals surface area contributed by atoms with Crippen LogP contribution >= 0.6 is 0 Å². The average Bonchev–Trinajstić information content (AvgIpc) is 2.86. The zero-order valence-corrected chi connectivity index (χ0v) is 26.5. The van der Waals surface area contributed by atoms with Gasteiger partial charge in [0, 0.05) is 70.6 Å². The van der Waals surface area contributed by atoms with E-state index in [1.807, 2.05) is 0 Å². The molecule has 4 aromatic rings. The first kappa shape index (κ1) is 33.0. The second-order valence-electron chi connectivity index (χ2n) is 7.52. The number of benzene rings is 4. The van der Waals surface area contributed by atoms with E-state index in [9.17, 15) is 26.5 Å². The average molecular weight is 589 g/mol. The summed E-state index contributed by atoms with van der Waals surface area (Å²) in [7, 11) is -7.29. The van der Waals surface area contributed by atoms with Gasteiger partial charge < -0.3 is 9.84 Å². The summed E-state index contributed by atoms with van der Waals surface area (Å²) < 4.78 is 68.7. The van der Waals surface area contributed by atoms with Crippen LogP contribution in [0.1, 0.15) is 0 Å². The molecule has 0 aromatic heterocycles. The first-order chi connectivity index (χ1) is 17.5. The van der Waals surface area contributed by atoms with Gasteiger partial charge in [0.1, 0.15) is 22.9 Å². The molecule has 0 unspecified atom stereocenters. The third kappa shape index (κ3) is 8.14. The second-order valence-corrected chi connectivity index (χ2v) is 10.4. The van der Waals surface area contributed by atoms with Crippen molar-refractivity contribution in [2.45, 2.75) is 9.79 Å². The van der Waals surface area contributed by atoms with Crippen molar-refractivity contribution in [1.29, 1.82) is 0 Å². The number of hydrogen-bond acceptors (Lipinski definition) is 10. The van der Waals surface area contributed by atoms with Gasteiger partial charge in [0.25, 0.3) is 20.2 Å². The van der Waals surface area contributed by atoms with E-state index >= 15 is 0 Å². The molecule has 0 fully saturated rings. The van der Waals surface area contributed by atoms with Crippen LogP contribution in [0.25, 0.3) is 10.8 Å². The first-order valence-corrected chi connectivity index (χ1v) is 13.2. The summed E-state index contributed by atoms with van der Waals surface area (Å²) >= 11 is 0. The third-order valence-electron chi connectivity index (χ3n) is 5.08. The number of rotatable bonds is 7. The van der Waals surface area contributed by atoms with Gasteiger partial charge in [-0.05, 0) is 60.0 Å². The molecule has 16 heteroatoms. The Kier molecular flexibility index (Phi) is 11.3. The third-order valence-corrected chi connectivity index (χ3v) is 6.79. The summed E-state index contributed by atoms with van der Waals surface area (Å²) in [6, 6.07) is 16.5. The molecular formula is C23H18N4Na2O8S2. The summed E-state index contributed by atoms with van der Waals surface area (Å²) in [5.74, 6) is 0.0931. The quantitative estimate of drug-likeness (QED) is 0.151. The smallest absolute Gasteiger partial charge is 0.294 e. The van der Waals surface area contributed by atoms with Gasteiger partial charge in [-0.1, -0.05) is 12.1 Å². The number of methoxy groups -OCH3 is 1. The fourth-order valence-corrected chi connectivity index (χ4v) is 4.26. The molecule has 4 rings (SSSR count). The van der Waals surface area contributed by atoms with Gasteiger partial charge in [-0.25, -0.2) is 0 Å². The fourth-order valence-electron chi connectivity index (χ4n) is 3.26. The van der Waals surface area contributed by atoms with E-state index in [1.54, 1.807) is 12.1 Å². The zero-order valence-electron chi connectivity index (χ0n) is 20.9. The molecule has 0 bridgehead atoms. The molecule has 0 saturated carbocycles. The summed E-state index contributed by atoms with van der Waals surface area (Å²) in [6.07, 6.45) is 0. The van der Waals surface area contributed by atoms with Crippen molar-refractivity contribution in [3.05, 3.63) is 72.8 Å². The Labute approximate surface area is 267 Å². The molecule has 0 aliphatic rings. The van der Waals surface area contributed by atoms with Gasteiger partial charge in [-0.2, -0.15) is 27.1 Å². The van der Waals surface area contributed by atoms with Crippen LogP contribution in [0.3, 0.4) is 0 Å². The maximum atomic E-state index is 11.4. The van der Waals surface area contributed by atoms with Crippen molar-refractivity contribution in [1.82, 2.24) is 0 Å². The Hall–Kier alpha value is -2.24. The maximum Gasteiger partial charge on any atom is 0.294 e. The van der Waals surface area contributed by atoms with Crippen LogP contribution in [-0.2, 0) is 20.2 Å². The molecule has 0 aliphatic carbocycles. The molecule has 39 heavy (non-hydrogen) atoms. The van der Waals surface area contributed by atoms with Gasteiger partial charge in [0.2, 0.25) is 0 Å². The van der Waals surface area contributed by atoms with E-state index in [1.165, 1.54) is 67.8 Å². The van der Waals surface area contributed by atoms with Crippen LogP contribution in [0.15, 0.2) is 103 Å². The normalized spacial score (nSPS) is 11.9. The Balaban J connectivity index is 0.00000267. The molecular weight excluding hydrogens is 570 g/mol. The van der Waals surface area contributed by atoms with Crippen molar-refractivity contribution in [2.24, 2.45) is 20.5 Å². The number of phenols is 1. The molecule has 0 heterocycles. The van der Waals surface area contributed by atoms with Crippen molar-refractivity contribution < 1.29 is 35.8 Å². The Bertz CT molecular complexity index is 1780. The minimum absolute atomic E-state index is 0. The minimum Gasteiger partial charge on any atom is -0.506 e. The van der Waals surface area contributed by atoms with E-state index in [0.29, 0.717) is 27.8 Å². The van der Waals surface area contributed by atoms with Gasteiger partial charge in [-0.3, -0.25) is 9.11 Å². The van der Waals surface area contributed by atoms with E-state index in [4.69, 9.17) is 9.29 Å². The topological polar surface area (TPSA) is 188 Å². The van der Waals surface area contributed by atoms with Crippen LogP contribution < -0.4 is 4.74 Å². The van der Waals surface area contributed by atoms with Crippen molar-refractivity contribution in [3.8, 4) is 11.5 Å². The van der Waals surface area contributed by atoms with Crippen LogP contribution in [-0.4, -0.2) is 97.3 Å². The van der Waals surface area contributed by atoms with Crippen molar-refractivity contribution >= 4 is 113 Å². The number of hydrogen-bond donors (Lipinski definition) is 3. The second kappa shape index (κ2) is 13.4. The minimum atomic E-state index is -4.40. The Morgan fingerprint density at radius 1 is 0.667 bits per heavy atom. The number of phenolic OH excluding ortho intramolecular Hbond substituents is 1. The maximum absolute atomic E-state index is 11.4. The molecule has 0 saturated heterocycles. The van der Waals surface area contributed by atoms with E-state index < -0.39 is 20.2 Å².